The van der Waals surface area contributed by atoms with Gasteiger partial charge in [0.05, 0.1) is 7.11 Å². The molecule has 0 saturated heterocycles. The highest BCUT2D eigenvalue weighted by atomic mass is 16.5. The summed E-state index contributed by atoms with van der Waals surface area (Å²) in [4.78, 5) is 36.0. The number of amides is 3. The van der Waals surface area contributed by atoms with E-state index < -0.39 is 0 Å². The van der Waals surface area contributed by atoms with Gasteiger partial charge in [-0.3, -0.25) is 4.79 Å². The molecule has 0 radical (unpaired) electrons. The lowest BCUT2D eigenvalue weighted by Gasteiger charge is -2.28. The molecule has 42 heavy (non-hydrogen) atoms. The Hall–Kier alpha value is -4.50. The van der Waals surface area contributed by atoms with Crippen LogP contribution in [0, 0.1) is 0 Å². The number of aromatic amines is 1. The zero-order valence-corrected chi connectivity index (χ0v) is 24.9. The van der Waals surface area contributed by atoms with Crippen LogP contribution < -0.4 is 15.0 Å². The zero-order valence-electron chi connectivity index (χ0n) is 24.9. The van der Waals surface area contributed by atoms with Crippen LogP contribution in [-0.4, -0.2) is 81.3 Å². The van der Waals surface area contributed by atoms with E-state index in [-0.39, 0.29) is 18.5 Å². The number of urea groups is 1. The largest absolute Gasteiger partial charge is 0.497 e. The number of nitrogens with one attached hydrogen (secondary N) is 2. The summed E-state index contributed by atoms with van der Waals surface area (Å²) >= 11 is 0. The first-order valence-corrected chi connectivity index (χ1v) is 14.2. The van der Waals surface area contributed by atoms with E-state index in [1.54, 1.807) is 43.4 Å². The minimum Gasteiger partial charge on any atom is -0.497 e. The molecule has 0 aliphatic rings. The number of H-pyrrole nitrogens is 1. The number of para-hydroxylation sites is 1. The van der Waals surface area contributed by atoms with Gasteiger partial charge in [0, 0.05) is 75.9 Å². The number of aromatic nitrogens is 1. The fourth-order valence-electron chi connectivity index (χ4n) is 4.80. The Labute approximate surface area is 248 Å². The van der Waals surface area contributed by atoms with Gasteiger partial charge >= 0.3 is 6.03 Å². The van der Waals surface area contributed by atoms with E-state index in [0.717, 1.165) is 27.7 Å². The van der Waals surface area contributed by atoms with E-state index in [9.17, 15) is 9.59 Å². The van der Waals surface area contributed by atoms with Crippen molar-refractivity contribution in [1.82, 2.24) is 14.8 Å². The molecule has 1 heterocycles. The van der Waals surface area contributed by atoms with Crippen LogP contribution in [0.2, 0.25) is 0 Å². The van der Waals surface area contributed by atoms with E-state index in [1.165, 1.54) is 0 Å². The number of benzene rings is 3. The van der Waals surface area contributed by atoms with Gasteiger partial charge in [0.2, 0.25) is 5.91 Å². The summed E-state index contributed by atoms with van der Waals surface area (Å²) in [6.45, 7) is 1.79. The van der Waals surface area contributed by atoms with Crippen LogP contribution in [0.3, 0.4) is 0 Å². The summed E-state index contributed by atoms with van der Waals surface area (Å²) < 4.78 is 10.4. The summed E-state index contributed by atoms with van der Waals surface area (Å²) in [5.41, 5.74) is 4.98. The number of ether oxygens (including phenoxy) is 2. The Kier molecular flexibility index (Phi) is 10.8. The van der Waals surface area contributed by atoms with Crippen LogP contribution in [0.1, 0.15) is 17.5 Å². The van der Waals surface area contributed by atoms with Crippen molar-refractivity contribution in [1.29, 1.82) is 0 Å². The molecule has 3 amide bonds. The van der Waals surface area contributed by atoms with Gasteiger partial charge in [0.15, 0.2) is 0 Å². The molecular weight excluding hydrogens is 530 g/mol. The second kappa shape index (κ2) is 14.9. The number of nitrogens with zero attached hydrogens (tertiary/aromatic N) is 3. The highest BCUT2D eigenvalue weighted by Crippen LogP contribution is 2.20. The van der Waals surface area contributed by atoms with Gasteiger partial charge < -0.3 is 34.5 Å². The van der Waals surface area contributed by atoms with Gasteiger partial charge in [0.1, 0.15) is 12.3 Å². The van der Waals surface area contributed by atoms with Crippen molar-refractivity contribution in [2.24, 2.45) is 0 Å². The fraction of sp³-hybridized carbons (Fsp3) is 0.333. The van der Waals surface area contributed by atoms with Gasteiger partial charge in [-0.2, -0.15) is 0 Å². The van der Waals surface area contributed by atoms with E-state index >= 15 is 0 Å². The molecule has 3 aromatic carbocycles. The van der Waals surface area contributed by atoms with E-state index in [0.29, 0.717) is 50.5 Å². The minimum atomic E-state index is -0.337. The van der Waals surface area contributed by atoms with Crippen molar-refractivity contribution in [3.8, 4) is 5.75 Å². The Morgan fingerprint density at radius 2 is 1.62 bits per heavy atom. The lowest BCUT2D eigenvalue weighted by atomic mass is 10.1. The Bertz CT molecular complexity index is 1430. The zero-order chi connectivity index (χ0) is 29.9. The molecule has 9 nitrogen and oxygen atoms in total. The van der Waals surface area contributed by atoms with Crippen LogP contribution in [0.4, 0.5) is 16.2 Å². The van der Waals surface area contributed by atoms with E-state index in [4.69, 9.17) is 9.47 Å². The van der Waals surface area contributed by atoms with E-state index in [2.05, 4.69) is 28.5 Å². The van der Waals surface area contributed by atoms with Crippen LogP contribution in [-0.2, 0) is 22.5 Å². The normalized spacial score (nSPS) is 10.9. The molecule has 0 atom stereocenters. The average Bonchev–Trinajstić information content (AvgIpc) is 3.42. The highest BCUT2D eigenvalue weighted by Gasteiger charge is 2.22. The quantitative estimate of drug-likeness (QED) is 0.198. The second-order valence-electron chi connectivity index (χ2n) is 10.4. The molecule has 0 aliphatic carbocycles. The highest BCUT2D eigenvalue weighted by molar-refractivity contribution is 5.92. The van der Waals surface area contributed by atoms with Crippen molar-refractivity contribution < 1.29 is 19.1 Å². The average molecular weight is 572 g/mol. The second-order valence-corrected chi connectivity index (χ2v) is 10.4. The third kappa shape index (κ3) is 8.27. The fourth-order valence-corrected chi connectivity index (χ4v) is 4.80. The lowest BCUT2D eigenvalue weighted by Crippen LogP contribution is -2.45. The number of carbonyl (C=O) groups excluding carboxylic acids is 2. The lowest BCUT2D eigenvalue weighted by molar-refractivity contribution is -0.132. The first-order chi connectivity index (χ1) is 20.4. The van der Waals surface area contributed by atoms with Crippen molar-refractivity contribution in [3.63, 3.8) is 0 Å². The molecule has 4 rings (SSSR count). The summed E-state index contributed by atoms with van der Waals surface area (Å²) in [5, 5.41) is 4.07. The van der Waals surface area contributed by atoms with Gasteiger partial charge in [-0.15, -0.1) is 0 Å². The van der Waals surface area contributed by atoms with Gasteiger partial charge in [-0.1, -0.05) is 30.3 Å². The molecule has 0 bridgehead atoms. The summed E-state index contributed by atoms with van der Waals surface area (Å²) in [7, 11) is 7.22. The number of anilines is 2. The smallest absolute Gasteiger partial charge is 0.322 e. The number of hydrogen-bond acceptors (Lipinski definition) is 5. The molecule has 0 aliphatic heterocycles. The van der Waals surface area contributed by atoms with Crippen LogP contribution in [0.25, 0.3) is 10.9 Å². The van der Waals surface area contributed by atoms with Crippen LogP contribution in [0.5, 0.6) is 5.75 Å². The molecule has 0 saturated carbocycles. The molecule has 2 N–H and O–H groups in total. The van der Waals surface area contributed by atoms with Gasteiger partial charge in [-0.05, 0) is 66.4 Å². The maximum absolute atomic E-state index is 13.9. The van der Waals surface area contributed by atoms with Crippen molar-refractivity contribution in [2.75, 3.05) is 64.8 Å². The molecule has 0 spiro atoms. The molecule has 9 heteroatoms. The molecule has 0 unspecified atom stereocenters. The third-order valence-electron chi connectivity index (χ3n) is 7.24. The van der Waals surface area contributed by atoms with Crippen molar-refractivity contribution in [3.05, 3.63) is 90.1 Å². The third-order valence-corrected chi connectivity index (χ3v) is 7.24. The predicted molar refractivity (Wildman–Crippen MR) is 168 cm³/mol. The summed E-state index contributed by atoms with van der Waals surface area (Å²) in [5.74, 6) is 0.582. The molecule has 1 aromatic heterocycles. The maximum Gasteiger partial charge on any atom is 0.322 e. The van der Waals surface area contributed by atoms with Crippen molar-refractivity contribution >= 4 is 34.2 Å². The maximum atomic E-state index is 13.9. The predicted octanol–water partition coefficient (Wildman–Crippen LogP) is 5.38. The molecule has 4 aromatic rings. The topological polar surface area (TPSA) is 90.1 Å². The Balaban J connectivity index is 1.51. The van der Waals surface area contributed by atoms with Crippen LogP contribution >= 0.6 is 0 Å². The Morgan fingerprint density at radius 1 is 0.881 bits per heavy atom. The first kappa shape index (κ1) is 30.5. The number of hydrogen-bond donors (Lipinski definition) is 2. The molecule has 222 valence electrons. The van der Waals surface area contributed by atoms with Crippen molar-refractivity contribution in [2.45, 2.75) is 19.4 Å². The van der Waals surface area contributed by atoms with Gasteiger partial charge in [-0.25, -0.2) is 4.79 Å². The summed E-state index contributed by atoms with van der Waals surface area (Å²) in [6, 6.07) is 23.1. The first-order valence-electron chi connectivity index (χ1n) is 14.2. The molecular formula is C33H41N5O4. The standard InChI is InChI=1S/C33H41N5O4/c1-36(2)28-14-10-25(11-15-28)23-37(20-18-26-22-34-31-9-6-5-8-30(26)31)32(39)24-38(19-7-21-41-3)33(40)35-27-12-16-29(42-4)17-13-27/h5-6,8-17,22,34H,7,18-21,23-24H2,1-4H3,(H,35,40). The number of fused-ring (bicyclic) bond motifs is 1. The van der Waals surface area contributed by atoms with Crippen LogP contribution in [0.15, 0.2) is 79.0 Å². The number of carbonyl (C=O) groups is 2. The number of methoxy groups -OCH3 is 2. The summed E-state index contributed by atoms with van der Waals surface area (Å²) in [6.07, 6.45) is 3.31. The SMILES string of the molecule is COCCCN(CC(=O)N(CCc1c[nH]c2ccccc12)Cc1ccc(N(C)C)cc1)C(=O)Nc1ccc(OC)cc1. The number of rotatable bonds is 14. The monoisotopic (exact) mass is 571 g/mol. The van der Waals surface area contributed by atoms with Gasteiger partial charge in [0.25, 0.3) is 0 Å². The van der Waals surface area contributed by atoms with E-state index in [1.807, 2.05) is 60.4 Å². The molecule has 0 fully saturated rings. The Morgan fingerprint density at radius 3 is 2.31 bits per heavy atom. The minimum absolute atomic E-state index is 0.0463.